The van der Waals surface area contributed by atoms with E-state index in [-0.39, 0.29) is 0 Å². The second kappa shape index (κ2) is 12.7. The van der Waals surface area contributed by atoms with Crippen LogP contribution in [0.1, 0.15) is 71.6 Å². The van der Waals surface area contributed by atoms with Crippen molar-refractivity contribution >= 4 is 5.78 Å². The van der Waals surface area contributed by atoms with Gasteiger partial charge in [-0.1, -0.05) is 46.0 Å². The van der Waals surface area contributed by atoms with Crippen LogP contribution in [0, 0.1) is 0 Å². The molecule has 0 aliphatic carbocycles. The topological polar surface area (TPSA) is 26.3 Å². The van der Waals surface area contributed by atoms with Gasteiger partial charge in [0, 0.05) is 26.1 Å². The number of unbranched alkanes of at least 4 members (excludes halogenated alkanes) is 5. The Hall–Kier alpha value is -0.370. The number of hydrogen-bond acceptors (Lipinski definition) is 2. The Morgan fingerprint density at radius 2 is 1.50 bits per heavy atom. The minimum atomic E-state index is 0.350. The van der Waals surface area contributed by atoms with Crippen LogP contribution >= 0.6 is 0 Å². The molecule has 0 aromatic rings. The van der Waals surface area contributed by atoms with Crippen LogP contribution in [0.2, 0.25) is 0 Å². The van der Waals surface area contributed by atoms with Crippen LogP contribution in [0.3, 0.4) is 0 Å². The molecule has 0 spiro atoms. The molecule has 0 amide bonds. The Morgan fingerprint density at radius 3 is 2.19 bits per heavy atom. The van der Waals surface area contributed by atoms with Crippen LogP contribution in [0.4, 0.5) is 0 Å². The van der Waals surface area contributed by atoms with E-state index in [0.29, 0.717) is 18.6 Å². The summed E-state index contributed by atoms with van der Waals surface area (Å²) in [6, 6.07) is 0. The maximum atomic E-state index is 11.0. The summed E-state index contributed by atoms with van der Waals surface area (Å²) in [7, 11) is 0. The summed E-state index contributed by atoms with van der Waals surface area (Å²) in [5.74, 6) is 0.350. The van der Waals surface area contributed by atoms with Crippen molar-refractivity contribution in [2.24, 2.45) is 0 Å². The van der Waals surface area contributed by atoms with Gasteiger partial charge < -0.3 is 4.74 Å². The van der Waals surface area contributed by atoms with Gasteiger partial charge in [-0.15, -0.1) is 0 Å². The Morgan fingerprint density at radius 1 is 0.875 bits per heavy atom. The van der Waals surface area contributed by atoms with Crippen molar-refractivity contribution in [3.05, 3.63) is 0 Å². The molecular formula is C14H28O2. The van der Waals surface area contributed by atoms with E-state index in [1.165, 1.54) is 38.5 Å². The van der Waals surface area contributed by atoms with Gasteiger partial charge in [0.25, 0.3) is 0 Å². The standard InChI is InChI=1S/C14H28O2/c1-3-5-6-7-8-9-12-16-13-10-11-14(15)4-2/h3-13H2,1-2H3. The first-order valence-electron chi connectivity index (χ1n) is 6.90. The molecule has 0 atom stereocenters. The third-order valence-electron chi connectivity index (χ3n) is 2.78. The highest BCUT2D eigenvalue weighted by molar-refractivity contribution is 5.77. The quantitative estimate of drug-likeness (QED) is 0.470. The number of ether oxygens (including phenoxy) is 1. The van der Waals surface area contributed by atoms with Gasteiger partial charge in [0.1, 0.15) is 5.78 Å². The Labute approximate surface area is 101 Å². The summed E-state index contributed by atoms with van der Waals surface area (Å²) in [5, 5.41) is 0. The molecule has 0 aliphatic rings. The highest BCUT2D eigenvalue weighted by atomic mass is 16.5. The first-order chi connectivity index (χ1) is 7.81. The Kier molecular flexibility index (Phi) is 12.4. The van der Waals surface area contributed by atoms with E-state index in [2.05, 4.69) is 6.92 Å². The number of rotatable bonds is 12. The summed E-state index contributed by atoms with van der Waals surface area (Å²) in [6.45, 7) is 5.77. The van der Waals surface area contributed by atoms with Gasteiger partial charge in [0.2, 0.25) is 0 Å². The van der Waals surface area contributed by atoms with Crippen molar-refractivity contribution in [3.8, 4) is 0 Å². The maximum absolute atomic E-state index is 11.0. The van der Waals surface area contributed by atoms with Gasteiger partial charge in [-0.2, -0.15) is 0 Å². The predicted octanol–water partition coefficient (Wildman–Crippen LogP) is 4.12. The highest BCUT2D eigenvalue weighted by Gasteiger charge is 1.97. The maximum Gasteiger partial charge on any atom is 0.132 e. The summed E-state index contributed by atoms with van der Waals surface area (Å²) in [4.78, 5) is 11.0. The fraction of sp³-hybridized carbons (Fsp3) is 0.929. The molecule has 16 heavy (non-hydrogen) atoms. The predicted molar refractivity (Wildman–Crippen MR) is 68.7 cm³/mol. The minimum Gasteiger partial charge on any atom is -0.381 e. The molecule has 0 saturated heterocycles. The zero-order chi connectivity index (χ0) is 12.1. The molecule has 0 heterocycles. The lowest BCUT2D eigenvalue weighted by atomic mass is 10.1. The molecule has 0 radical (unpaired) electrons. The van der Waals surface area contributed by atoms with Gasteiger partial charge in [-0.05, 0) is 12.8 Å². The Balaban J connectivity index is 2.96. The number of Topliss-reactive ketones (excluding diaryl/α,β-unsaturated/α-hetero) is 1. The molecule has 0 fully saturated rings. The van der Waals surface area contributed by atoms with E-state index in [9.17, 15) is 4.79 Å². The van der Waals surface area contributed by atoms with E-state index in [0.717, 1.165) is 19.6 Å². The summed E-state index contributed by atoms with van der Waals surface area (Å²) >= 11 is 0. The van der Waals surface area contributed by atoms with Gasteiger partial charge in [-0.3, -0.25) is 4.79 Å². The summed E-state index contributed by atoms with van der Waals surface area (Å²) in [5.41, 5.74) is 0. The zero-order valence-corrected chi connectivity index (χ0v) is 11.1. The van der Waals surface area contributed by atoms with Crippen molar-refractivity contribution in [3.63, 3.8) is 0 Å². The van der Waals surface area contributed by atoms with Crippen LogP contribution in [-0.4, -0.2) is 19.0 Å². The fourth-order valence-corrected chi connectivity index (χ4v) is 1.63. The highest BCUT2D eigenvalue weighted by Crippen LogP contribution is 2.05. The van der Waals surface area contributed by atoms with E-state index in [1.54, 1.807) is 0 Å². The largest absolute Gasteiger partial charge is 0.381 e. The van der Waals surface area contributed by atoms with E-state index in [4.69, 9.17) is 4.74 Å². The minimum absolute atomic E-state index is 0.350. The van der Waals surface area contributed by atoms with E-state index in [1.807, 2.05) is 6.92 Å². The first kappa shape index (κ1) is 15.6. The number of ketones is 1. The lowest BCUT2D eigenvalue weighted by Crippen LogP contribution is -2.01. The molecule has 0 aromatic heterocycles. The average Bonchev–Trinajstić information content (AvgIpc) is 2.31. The molecule has 96 valence electrons. The van der Waals surface area contributed by atoms with Crippen LogP contribution < -0.4 is 0 Å². The van der Waals surface area contributed by atoms with E-state index < -0.39 is 0 Å². The Bertz CT molecular complexity index is 155. The molecule has 2 nitrogen and oxygen atoms in total. The van der Waals surface area contributed by atoms with Crippen LogP contribution in [0.15, 0.2) is 0 Å². The van der Waals surface area contributed by atoms with Gasteiger partial charge in [0.05, 0.1) is 0 Å². The monoisotopic (exact) mass is 228 g/mol. The molecule has 0 rings (SSSR count). The van der Waals surface area contributed by atoms with Crippen molar-refractivity contribution in [2.75, 3.05) is 13.2 Å². The third-order valence-corrected chi connectivity index (χ3v) is 2.78. The van der Waals surface area contributed by atoms with Crippen LogP contribution in [0.5, 0.6) is 0 Å². The van der Waals surface area contributed by atoms with Gasteiger partial charge >= 0.3 is 0 Å². The van der Waals surface area contributed by atoms with Crippen molar-refractivity contribution in [1.29, 1.82) is 0 Å². The van der Waals surface area contributed by atoms with Gasteiger partial charge in [0.15, 0.2) is 0 Å². The lowest BCUT2D eigenvalue weighted by Gasteiger charge is -2.03. The first-order valence-corrected chi connectivity index (χ1v) is 6.90. The average molecular weight is 228 g/mol. The number of carbonyl (C=O) groups is 1. The van der Waals surface area contributed by atoms with E-state index >= 15 is 0 Å². The number of carbonyl (C=O) groups excluding carboxylic acids is 1. The molecule has 2 heteroatoms. The molecule has 0 unspecified atom stereocenters. The normalized spacial score (nSPS) is 10.6. The third kappa shape index (κ3) is 11.7. The summed E-state index contributed by atoms with van der Waals surface area (Å²) < 4.78 is 5.48. The second-order valence-electron chi connectivity index (χ2n) is 4.38. The smallest absolute Gasteiger partial charge is 0.132 e. The lowest BCUT2D eigenvalue weighted by molar-refractivity contribution is -0.119. The van der Waals surface area contributed by atoms with Gasteiger partial charge in [-0.25, -0.2) is 0 Å². The van der Waals surface area contributed by atoms with Crippen molar-refractivity contribution in [1.82, 2.24) is 0 Å². The zero-order valence-electron chi connectivity index (χ0n) is 11.1. The molecule has 0 N–H and O–H groups in total. The van der Waals surface area contributed by atoms with Crippen LogP contribution in [0.25, 0.3) is 0 Å². The summed E-state index contributed by atoms with van der Waals surface area (Å²) in [6.07, 6.45) is 10.1. The van der Waals surface area contributed by atoms with Crippen LogP contribution in [-0.2, 0) is 9.53 Å². The molecule has 0 aromatic carbocycles. The molecule has 0 saturated carbocycles. The molecule has 0 bridgehead atoms. The second-order valence-corrected chi connectivity index (χ2v) is 4.38. The molecular weight excluding hydrogens is 200 g/mol. The van der Waals surface area contributed by atoms with Crippen molar-refractivity contribution < 1.29 is 9.53 Å². The molecule has 0 aliphatic heterocycles. The SMILES string of the molecule is CCCCCCCCOCCCC(=O)CC. The fourth-order valence-electron chi connectivity index (χ4n) is 1.63. The number of hydrogen-bond donors (Lipinski definition) is 0. The van der Waals surface area contributed by atoms with Crippen molar-refractivity contribution in [2.45, 2.75) is 71.6 Å².